The summed E-state index contributed by atoms with van der Waals surface area (Å²) in [5.41, 5.74) is 0. The van der Waals surface area contributed by atoms with E-state index in [0.717, 1.165) is 70.6 Å². The lowest BCUT2D eigenvalue weighted by Crippen LogP contribution is -2.69. The Morgan fingerprint density at radius 1 is 0.371 bits per heavy atom. The number of ether oxygens (including phenoxy) is 10. The van der Waals surface area contributed by atoms with Crippen molar-refractivity contribution in [2.24, 2.45) is 0 Å². The van der Waals surface area contributed by atoms with Gasteiger partial charge in [-0.25, -0.2) is 4.57 Å². The molecule has 33 nitrogen and oxygen atoms in total. The second kappa shape index (κ2) is 44.6. The molecule has 570 valence electrons. The molecule has 5 fully saturated rings. The van der Waals surface area contributed by atoms with Crippen molar-refractivity contribution in [1.29, 1.82) is 0 Å². The molecule has 0 bridgehead atoms. The van der Waals surface area contributed by atoms with Crippen LogP contribution in [0.2, 0.25) is 0 Å². The van der Waals surface area contributed by atoms with Gasteiger partial charge in [0.2, 0.25) is 0 Å². The predicted molar refractivity (Wildman–Crippen MR) is 333 cm³/mol. The highest BCUT2D eigenvalue weighted by Gasteiger charge is 2.59. The number of carbonyl (C=O) groups excluding carboxylic acids is 2. The Balaban J connectivity index is 1.31. The van der Waals surface area contributed by atoms with Crippen LogP contribution in [0.15, 0.2) is 0 Å². The smallest absolute Gasteiger partial charge is 0.462 e. The quantitative estimate of drug-likeness (QED) is 0.0182. The zero-order chi connectivity index (χ0) is 71.4. The van der Waals surface area contributed by atoms with Crippen molar-refractivity contribution in [3.8, 4) is 0 Å². The van der Waals surface area contributed by atoms with E-state index in [1.54, 1.807) is 0 Å². The number of aliphatic hydroxyl groups is 17. The van der Waals surface area contributed by atoms with E-state index in [4.69, 9.17) is 56.4 Å². The molecule has 28 atom stereocenters. The molecule has 0 aromatic heterocycles. The van der Waals surface area contributed by atoms with E-state index in [2.05, 4.69) is 13.8 Å². The van der Waals surface area contributed by atoms with Crippen LogP contribution >= 0.6 is 7.82 Å². The van der Waals surface area contributed by atoms with Crippen molar-refractivity contribution in [3.05, 3.63) is 0 Å². The maximum Gasteiger partial charge on any atom is 0.472 e. The minimum Gasteiger partial charge on any atom is -0.462 e. The van der Waals surface area contributed by atoms with Crippen molar-refractivity contribution < 1.29 is 162 Å². The summed E-state index contributed by atoms with van der Waals surface area (Å²) in [6.07, 6.45) is -31.1. The lowest BCUT2D eigenvalue weighted by atomic mass is 9.84. The Hall–Kier alpha value is -1.95. The lowest BCUT2D eigenvalue weighted by Gasteiger charge is -2.49. The van der Waals surface area contributed by atoms with E-state index in [1.165, 1.54) is 64.2 Å². The average molecular weight is 1430 g/mol. The van der Waals surface area contributed by atoms with E-state index in [0.29, 0.717) is 19.3 Å². The van der Waals surface area contributed by atoms with Crippen LogP contribution < -0.4 is 0 Å². The zero-order valence-corrected chi connectivity index (χ0v) is 56.7. The fraction of sp³-hybridized carbons (Fsp3) is 0.968. The van der Waals surface area contributed by atoms with Crippen LogP contribution in [0.25, 0.3) is 0 Å². The first-order valence-corrected chi connectivity index (χ1v) is 36.4. The van der Waals surface area contributed by atoms with E-state index in [1.807, 2.05) is 0 Å². The molecule has 4 heterocycles. The van der Waals surface area contributed by atoms with Crippen LogP contribution in [0.3, 0.4) is 0 Å². The monoisotopic (exact) mass is 1430 g/mol. The summed E-state index contributed by atoms with van der Waals surface area (Å²) in [4.78, 5) is 38.0. The van der Waals surface area contributed by atoms with Gasteiger partial charge in [-0.15, -0.1) is 0 Å². The molecule has 0 radical (unpaired) electrons. The number of phosphoric acid groups is 1. The number of rotatable bonds is 46. The summed E-state index contributed by atoms with van der Waals surface area (Å²) >= 11 is 0. The second-order valence-electron chi connectivity index (χ2n) is 26.2. The number of carbonyl (C=O) groups is 2. The van der Waals surface area contributed by atoms with Gasteiger partial charge in [-0.05, 0) is 12.8 Å². The molecule has 34 heteroatoms. The molecule has 0 aromatic rings. The molecular formula is C63H115O33P. The largest absolute Gasteiger partial charge is 0.472 e. The summed E-state index contributed by atoms with van der Waals surface area (Å²) < 4.78 is 81.2. The zero-order valence-electron chi connectivity index (χ0n) is 55.8. The van der Waals surface area contributed by atoms with Crippen LogP contribution in [-0.4, -0.2) is 309 Å². The molecule has 4 aliphatic heterocycles. The molecule has 0 spiro atoms. The number of phosphoric ester groups is 1. The number of hydrogen-bond acceptors (Lipinski definition) is 32. The molecule has 18 N–H and O–H groups in total. The summed E-state index contributed by atoms with van der Waals surface area (Å²) in [6, 6.07) is 0. The van der Waals surface area contributed by atoms with Gasteiger partial charge in [0.25, 0.3) is 0 Å². The van der Waals surface area contributed by atoms with Crippen molar-refractivity contribution in [2.45, 2.75) is 346 Å². The highest BCUT2D eigenvalue weighted by Crippen LogP contribution is 2.49. The van der Waals surface area contributed by atoms with Gasteiger partial charge in [0.05, 0.1) is 33.0 Å². The predicted octanol–water partition coefficient (Wildman–Crippen LogP) is -1.76. The molecule has 12 unspecified atom stereocenters. The van der Waals surface area contributed by atoms with Crippen molar-refractivity contribution in [3.63, 3.8) is 0 Å². The van der Waals surface area contributed by atoms with Gasteiger partial charge >= 0.3 is 19.8 Å². The highest BCUT2D eigenvalue weighted by molar-refractivity contribution is 7.47. The Kier molecular flexibility index (Phi) is 39.4. The van der Waals surface area contributed by atoms with Crippen LogP contribution in [0.1, 0.15) is 181 Å². The van der Waals surface area contributed by atoms with E-state index in [-0.39, 0.29) is 12.8 Å². The van der Waals surface area contributed by atoms with E-state index >= 15 is 0 Å². The van der Waals surface area contributed by atoms with Gasteiger partial charge in [0.1, 0.15) is 141 Å². The third-order valence-corrected chi connectivity index (χ3v) is 19.3. The summed E-state index contributed by atoms with van der Waals surface area (Å²) in [5.74, 6) is -1.44. The molecule has 1 aliphatic carbocycles. The van der Waals surface area contributed by atoms with Gasteiger partial charge in [-0.2, -0.15) is 0 Å². The van der Waals surface area contributed by atoms with Gasteiger partial charge < -0.3 is 139 Å². The molecule has 5 aliphatic rings. The van der Waals surface area contributed by atoms with Crippen LogP contribution in [0.5, 0.6) is 0 Å². The highest BCUT2D eigenvalue weighted by atomic mass is 31.2. The third kappa shape index (κ3) is 26.9. The normalized spacial score (nSPS) is 37.4. The summed E-state index contributed by atoms with van der Waals surface area (Å²) in [7, 11) is -5.81. The molecule has 97 heavy (non-hydrogen) atoms. The molecular weight excluding hydrogens is 1320 g/mol. The van der Waals surface area contributed by atoms with Crippen LogP contribution in [0.4, 0.5) is 0 Å². The van der Waals surface area contributed by atoms with Crippen LogP contribution in [0, 0.1) is 0 Å². The SMILES string of the molecule is CCCCCCCCCCCCCCCC(=O)OC[C@H](COP(=O)(O)O[C@@H]1C(O[C@@H]2OC(CO[C@@H]3OC(CO[C@@H]4OC(CO)[C@H](O)C(O)[C@@H]4O)[C@H](O)C(O)[C@@H]3O)[C@H](O)C(O)[C@@H]2O)C(O)[C@@H](O)C(O)[C@H]1O[C@H]1OC(CO)[C@@H](O)C(O)[C@H]1O)OC(=O)CCCCCCCCCCCCC. The minimum atomic E-state index is -5.81. The van der Waals surface area contributed by atoms with Gasteiger partial charge in [-0.3, -0.25) is 18.6 Å². The Morgan fingerprint density at radius 3 is 1.06 bits per heavy atom. The molecule has 0 aromatic carbocycles. The third-order valence-electron chi connectivity index (χ3n) is 18.4. The number of esters is 2. The Morgan fingerprint density at radius 2 is 0.680 bits per heavy atom. The van der Waals surface area contributed by atoms with E-state index < -0.39 is 225 Å². The minimum absolute atomic E-state index is 0.00113. The fourth-order valence-corrected chi connectivity index (χ4v) is 13.2. The first kappa shape index (κ1) is 85.7. The Labute approximate surface area is 566 Å². The first-order valence-electron chi connectivity index (χ1n) is 34.9. The van der Waals surface area contributed by atoms with Gasteiger partial charge in [0, 0.05) is 12.8 Å². The number of aliphatic hydroxyl groups excluding tert-OH is 17. The van der Waals surface area contributed by atoms with Gasteiger partial charge in [0.15, 0.2) is 31.3 Å². The van der Waals surface area contributed by atoms with Crippen molar-refractivity contribution in [2.75, 3.05) is 39.6 Å². The van der Waals surface area contributed by atoms with E-state index in [9.17, 15) is 106 Å². The topological polar surface area (TPSA) is 526 Å². The standard InChI is InChI=1S/C63H115O33P/c1-3-5-7-9-11-13-15-16-18-19-21-23-25-27-40(66)85-31-35(89-41(67)28-26-24-22-20-17-14-12-10-8-6-4-2)32-88-97(83,84)96-59-57(94-62-55(81)47(73)43(69)37(30-65)91-62)51(77)50(76)52(78)58(59)95-63-56(82)49(75)45(71)39(93-63)34-87-61-54(80)48(74)44(70)38(92-61)33-86-60-53(79)46(72)42(68)36(29-64)90-60/h35-39,42-65,68-82H,3-34H2,1-2H3,(H,83,84)/t35-,36?,37?,38?,39?,42+,43-,44+,45+,46?,47?,48?,49?,50+,51?,52?,53+,54+,55-,56+,57-,58?,59+,60-,61-,62-,63+/m1/s1. The fourth-order valence-electron chi connectivity index (χ4n) is 12.2. The second-order valence-corrected chi connectivity index (χ2v) is 27.6. The number of unbranched alkanes of at least 4 members (excludes halogenated alkanes) is 22. The van der Waals surface area contributed by atoms with Gasteiger partial charge in [-0.1, -0.05) is 155 Å². The van der Waals surface area contributed by atoms with Crippen LogP contribution in [-0.2, 0) is 70.6 Å². The first-order chi connectivity index (χ1) is 46.3. The lowest BCUT2D eigenvalue weighted by molar-refractivity contribution is -0.365. The van der Waals surface area contributed by atoms with Crippen molar-refractivity contribution in [1.82, 2.24) is 0 Å². The molecule has 1 saturated carbocycles. The summed E-state index contributed by atoms with van der Waals surface area (Å²) in [6.45, 7) is -0.937. The number of hydrogen-bond donors (Lipinski definition) is 18. The summed E-state index contributed by atoms with van der Waals surface area (Å²) in [5, 5.41) is 183. The maximum atomic E-state index is 14.3. The van der Waals surface area contributed by atoms with Crippen molar-refractivity contribution >= 4 is 19.8 Å². The molecule has 0 amide bonds. The Bertz CT molecular complexity index is 2200. The molecule has 5 rings (SSSR count). The average Bonchev–Trinajstić information content (AvgIpc) is 0.773. The molecule has 4 saturated heterocycles. The maximum absolute atomic E-state index is 14.3.